The molecule has 1 N–H and O–H groups in total. The first-order valence-corrected chi connectivity index (χ1v) is 9.11. The van der Waals surface area contributed by atoms with Crippen LogP contribution in [0.4, 0.5) is 0 Å². The van der Waals surface area contributed by atoms with Gasteiger partial charge in [0.25, 0.3) is 5.91 Å². The number of benzene rings is 1. The lowest BCUT2D eigenvalue weighted by molar-refractivity contribution is 0.0953. The highest BCUT2D eigenvalue weighted by Gasteiger charge is 2.18. The molecule has 1 aliphatic rings. The second-order valence-electron chi connectivity index (χ2n) is 5.78. The van der Waals surface area contributed by atoms with E-state index in [4.69, 9.17) is 14.2 Å². The Balaban J connectivity index is 2.24. The van der Waals surface area contributed by atoms with Gasteiger partial charge in [0.15, 0.2) is 11.5 Å². The largest absolute Gasteiger partial charge is 0.490 e. The summed E-state index contributed by atoms with van der Waals surface area (Å²) in [5.41, 5.74) is 4.15. The fourth-order valence-corrected chi connectivity index (χ4v) is 2.79. The molecular formula is C19H28N2O4. The first-order valence-electron chi connectivity index (χ1n) is 9.11. The standard InChI is InChI=1S/C19H28N2O4/c1-4-23-16-12-14(13-17(24-5-2)18(16)25-6-3)19(22)21-20-15-10-8-7-9-11-15/h12-13H,4-11H2,1-3H3,(H,21,22). The molecule has 138 valence electrons. The van der Waals surface area contributed by atoms with Gasteiger partial charge in [0.2, 0.25) is 5.75 Å². The molecule has 1 saturated carbocycles. The van der Waals surface area contributed by atoms with Crippen molar-refractivity contribution in [2.24, 2.45) is 5.10 Å². The zero-order valence-corrected chi connectivity index (χ0v) is 15.4. The minimum Gasteiger partial charge on any atom is -0.490 e. The topological polar surface area (TPSA) is 69.2 Å². The average molecular weight is 348 g/mol. The maximum Gasteiger partial charge on any atom is 0.271 e. The fraction of sp³-hybridized carbons (Fsp3) is 0.579. The summed E-state index contributed by atoms with van der Waals surface area (Å²) in [4.78, 5) is 12.5. The number of carbonyl (C=O) groups excluding carboxylic acids is 1. The molecule has 0 atom stereocenters. The summed E-state index contributed by atoms with van der Waals surface area (Å²) in [7, 11) is 0. The molecule has 0 spiro atoms. The van der Waals surface area contributed by atoms with Gasteiger partial charge in [-0.1, -0.05) is 6.42 Å². The smallest absolute Gasteiger partial charge is 0.271 e. The first-order chi connectivity index (χ1) is 12.2. The van der Waals surface area contributed by atoms with Crippen molar-refractivity contribution in [2.45, 2.75) is 52.9 Å². The monoisotopic (exact) mass is 348 g/mol. The van der Waals surface area contributed by atoms with E-state index in [1.54, 1.807) is 12.1 Å². The highest BCUT2D eigenvalue weighted by atomic mass is 16.5. The van der Waals surface area contributed by atoms with Crippen molar-refractivity contribution in [3.8, 4) is 17.2 Å². The van der Waals surface area contributed by atoms with E-state index in [1.807, 2.05) is 20.8 Å². The molecule has 0 aromatic heterocycles. The van der Waals surface area contributed by atoms with E-state index < -0.39 is 0 Å². The van der Waals surface area contributed by atoms with Gasteiger partial charge in [-0.15, -0.1) is 0 Å². The van der Waals surface area contributed by atoms with E-state index >= 15 is 0 Å². The Hall–Kier alpha value is -2.24. The van der Waals surface area contributed by atoms with E-state index in [9.17, 15) is 4.79 Å². The molecular weight excluding hydrogens is 320 g/mol. The summed E-state index contributed by atoms with van der Waals surface area (Å²) in [5.74, 6) is 1.26. The Kier molecular flexibility index (Phi) is 7.57. The van der Waals surface area contributed by atoms with Gasteiger partial charge in [-0.3, -0.25) is 4.79 Å². The van der Waals surface area contributed by atoms with Crippen LogP contribution in [0.15, 0.2) is 17.2 Å². The number of nitrogens with one attached hydrogen (secondary N) is 1. The first kappa shape index (κ1) is 19.1. The number of carbonyl (C=O) groups is 1. The predicted molar refractivity (Wildman–Crippen MR) is 97.9 cm³/mol. The molecule has 0 bridgehead atoms. The van der Waals surface area contributed by atoms with Crippen molar-refractivity contribution in [3.05, 3.63) is 17.7 Å². The molecule has 0 unspecified atom stereocenters. The Morgan fingerprint density at radius 3 is 2.04 bits per heavy atom. The van der Waals surface area contributed by atoms with Gasteiger partial charge in [0.1, 0.15) is 0 Å². The van der Waals surface area contributed by atoms with Crippen LogP contribution in [0.25, 0.3) is 0 Å². The number of rotatable bonds is 8. The zero-order chi connectivity index (χ0) is 18.1. The Bertz CT molecular complexity index is 578. The molecule has 6 heteroatoms. The van der Waals surface area contributed by atoms with Crippen LogP contribution in [0.1, 0.15) is 63.2 Å². The summed E-state index contributed by atoms with van der Waals surface area (Å²) in [6.07, 6.45) is 5.43. The molecule has 6 nitrogen and oxygen atoms in total. The summed E-state index contributed by atoms with van der Waals surface area (Å²) in [6.45, 7) is 7.10. The van der Waals surface area contributed by atoms with Gasteiger partial charge < -0.3 is 14.2 Å². The van der Waals surface area contributed by atoms with Gasteiger partial charge in [-0.25, -0.2) is 5.43 Å². The molecule has 0 aliphatic heterocycles. The van der Waals surface area contributed by atoms with Crippen molar-refractivity contribution in [2.75, 3.05) is 19.8 Å². The molecule has 1 aromatic rings. The molecule has 1 aliphatic carbocycles. The quantitative estimate of drug-likeness (QED) is 0.723. The Morgan fingerprint density at radius 2 is 1.52 bits per heavy atom. The van der Waals surface area contributed by atoms with Crippen LogP contribution in [-0.4, -0.2) is 31.4 Å². The van der Waals surface area contributed by atoms with Crippen molar-refractivity contribution in [3.63, 3.8) is 0 Å². The van der Waals surface area contributed by atoms with Crippen LogP contribution >= 0.6 is 0 Å². The third kappa shape index (κ3) is 5.37. The van der Waals surface area contributed by atoms with Crippen LogP contribution in [-0.2, 0) is 0 Å². The second kappa shape index (κ2) is 9.91. The molecule has 1 aromatic carbocycles. The van der Waals surface area contributed by atoms with Gasteiger partial charge in [0, 0.05) is 11.3 Å². The molecule has 1 amide bonds. The summed E-state index contributed by atoms with van der Waals surface area (Å²) in [5, 5.41) is 4.27. The third-order valence-electron chi connectivity index (χ3n) is 3.92. The zero-order valence-electron chi connectivity index (χ0n) is 15.4. The lowest BCUT2D eigenvalue weighted by Gasteiger charge is -2.17. The normalized spacial score (nSPS) is 14.0. The van der Waals surface area contributed by atoms with Crippen LogP contribution < -0.4 is 19.6 Å². The minimum absolute atomic E-state index is 0.275. The van der Waals surface area contributed by atoms with Gasteiger partial charge in [0.05, 0.1) is 19.8 Å². The lowest BCUT2D eigenvalue weighted by Crippen LogP contribution is -2.21. The summed E-state index contributed by atoms with van der Waals surface area (Å²) < 4.78 is 16.9. The van der Waals surface area contributed by atoms with E-state index in [1.165, 1.54) is 6.42 Å². The number of ether oxygens (including phenoxy) is 3. The van der Waals surface area contributed by atoms with E-state index in [0.29, 0.717) is 42.6 Å². The van der Waals surface area contributed by atoms with Crippen LogP contribution in [0.5, 0.6) is 17.2 Å². The van der Waals surface area contributed by atoms with E-state index in [-0.39, 0.29) is 5.91 Å². The lowest BCUT2D eigenvalue weighted by atomic mass is 9.99. The fourth-order valence-electron chi connectivity index (χ4n) is 2.79. The predicted octanol–water partition coefficient (Wildman–Crippen LogP) is 3.93. The van der Waals surface area contributed by atoms with Crippen molar-refractivity contribution in [1.82, 2.24) is 5.43 Å². The minimum atomic E-state index is -0.275. The van der Waals surface area contributed by atoms with E-state index in [0.717, 1.165) is 31.4 Å². The van der Waals surface area contributed by atoms with Gasteiger partial charge >= 0.3 is 0 Å². The maximum atomic E-state index is 12.5. The summed E-state index contributed by atoms with van der Waals surface area (Å²) in [6, 6.07) is 3.35. The number of hydrazone groups is 1. The molecule has 25 heavy (non-hydrogen) atoms. The van der Waals surface area contributed by atoms with Crippen molar-refractivity contribution >= 4 is 11.6 Å². The van der Waals surface area contributed by atoms with Crippen molar-refractivity contribution < 1.29 is 19.0 Å². The molecule has 0 radical (unpaired) electrons. The number of nitrogens with zero attached hydrogens (tertiary/aromatic N) is 1. The average Bonchev–Trinajstić information content (AvgIpc) is 2.63. The Labute approximate surface area is 149 Å². The highest BCUT2D eigenvalue weighted by Crippen LogP contribution is 2.39. The summed E-state index contributed by atoms with van der Waals surface area (Å²) >= 11 is 0. The van der Waals surface area contributed by atoms with E-state index in [2.05, 4.69) is 10.5 Å². The molecule has 0 heterocycles. The number of amides is 1. The second-order valence-corrected chi connectivity index (χ2v) is 5.78. The van der Waals surface area contributed by atoms with Crippen LogP contribution in [0.3, 0.4) is 0 Å². The van der Waals surface area contributed by atoms with Crippen LogP contribution in [0.2, 0.25) is 0 Å². The van der Waals surface area contributed by atoms with Crippen molar-refractivity contribution in [1.29, 1.82) is 0 Å². The number of hydrogen-bond acceptors (Lipinski definition) is 5. The Morgan fingerprint density at radius 1 is 0.960 bits per heavy atom. The molecule has 0 saturated heterocycles. The third-order valence-corrected chi connectivity index (χ3v) is 3.92. The van der Waals surface area contributed by atoms with Crippen LogP contribution in [0, 0.1) is 0 Å². The molecule has 2 rings (SSSR count). The highest BCUT2D eigenvalue weighted by molar-refractivity contribution is 5.96. The molecule has 1 fully saturated rings. The maximum absolute atomic E-state index is 12.5. The SMILES string of the molecule is CCOc1cc(C(=O)NN=C2CCCCC2)cc(OCC)c1OCC. The number of hydrogen-bond donors (Lipinski definition) is 1. The van der Waals surface area contributed by atoms with Gasteiger partial charge in [-0.05, 0) is 58.6 Å². The van der Waals surface area contributed by atoms with Gasteiger partial charge in [-0.2, -0.15) is 5.10 Å².